The maximum absolute atomic E-state index is 5.29. The monoisotopic (exact) mass is 351 g/mol. The number of nitrogens with one attached hydrogen (secondary N) is 2. The average molecular weight is 352 g/mol. The molecule has 1 aromatic heterocycles. The fourth-order valence-electron chi connectivity index (χ4n) is 1.63. The van der Waals surface area contributed by atoms with Crippen LogP contribution in [-0.4, -0.2) is 17.2 Å². The maximum Gasteiger partial charge on any atom is 0.172 e. The number of benzene rings is 1. The minimum atomic E-state index is 0.519. The van der Waals surface area contributed by atoms with Crippen LogP contribution in [0.2, 0.25) is 0 Å². The highest BCUT2D eigenvalue weighted by Gasteiger charge is 2.03. The first-order chi connectivity index (χ1) is 9.69. The molecule has 0 unspecified atom stereocenters. The summed E-state index contributed by atoms with van der Waals surface area (Å²) < 4.78 is 6.21. The molecular weight excluding hydrogens is 338 g/mol. The second kappa shape index (κ2) is 7.21. The van der Waals surface area contributed by atoms with Gasteiger partial charge in [0.25, 0.3) is 0 Å². The lowest BCUT2D eigenvalue weighted by Crippen LogP contribution is -2.28. The standard InChI is InChI=1S/C14H14BrN3OS/c1-19-12-5-3-2-4-10(12)8-17-14(20)18-13-7-6-11(15)9-16-13/h2-7,9H,8H2,1H3,(H2,16,17,18,20). The van der Waals surface area contributed by atoms with Crippen molar-refractivity contribution in [3.05, 3.63) is 52.6 Å². The SMILES string of the molecule is COc1ccccc1CNC(=S)Nc1ccc(Br)cn1. The van der Waals surface area contributed by atoms with E-state index in [2.05, 4.69) is 31.5 Å². The number of anilines is 1. The zero-order valence-electron chi connectivity index (χ0n) is 10.9. The lowest BCUT2D eigenvalue weighted by Gasteiger charge is -2.12. The number of rotatable bonds is 4. The van der Waals surface area contributed by atoms with Crippen molar-refractivity contribution in [3.8, 4) is 5.75 Å². The Morgan fingerprint density at radius 3 is 2.80 bits per heavy atom. The number of para-hydroxylation sites is 1. The molecule has 0 aliphatic carbocycles. The number of hydrogen-bond acceptors (Lipinski definition) is 3. The highest BCUT2D eigenvalue weighted by molar-refractivity contribution is 9.10. The van der Waals surface area contributed by atoms with Crippen LogP contribution in [0.5, 0.6) is 5.75 Å². The third-order valence-electron chi connectivity index (χ3n) is 2.60. The summed E-state index contributed by atoms with van der Waals surface area (Å²) in [7, 11) is 1.65. The van der Waals surface area contributed by atoms with Crippen molar-refractivity contribution >= 4 is 39.1 Å². The molecule has 2 N–H and O–H groups in total. The van der Waals surface area contributed by atoms with E-state index in [0.29, 0.717) is 17.5 Å². The van der Waals surface area contributed by atoms with E-state index in [1.165, 1.54) is 0 Å². The molecule has 104 valence electrons. The molecule has 2 rings (SSSR count). The molecule has 6 heteroatoms. The van der Waals surface area contributed by atoms with Gasteiger partial charge in [-0.3, -0.25) is 0 Å². The van der Waals surface area contributed by atoms with Crippen LogP contribution in [0.25, 0.3) is 0 Å². The fraction of sp³-hybridized carbons (Fsp3) is 0.143. The highest BCUT2D eigenvalue weighted by Crippen LogP contribution is 2.16. The topological polar surface area (TPSA) is 46.2 Å². The Labute approximate surface area is 131 Å². The van der Waals surface area contributed by atoms with Gasteiger partial charge in [0, 0.05) is 22.8 Å². The molecule has 2 aromatic rings. The molecule has 0 saturated heterocycles. The summed E-state index contributed by atoms with van der Waals surface area (Å²) in [5.41, 5.74) is 1.04. The van der Waals surface area contributed by atoms with Crippen molar-refractivity contribution < 1.29 is 4.74 Å². The quantitative estimate of drug-likeness (QED) is 0.827. The van der Waals surface area contributed by atoms with Crippen molar-refractivity contribution in [2.75, 3.05) is 12.4 Å². The van der Waals surface area contributed by atoms with Gasteiger partial charge in [0.2, 0.25) is 0 Å². The fourth-order valence-corrected chi connectivity index (χ4v) is 2.05. The van der Waals surface area contributed by atoms with E-state index in [-0.39, 0.29) is 0 Å². The third kappa shape index (κ3) is 4.18. The second-order valence-corrected chi connectivity index (χ2v) is 5.31. The van der Waals surface area contributed by atoms with Crippen molar-refractivity contribution in [3.63, 3.8) is 0 Å². The van der Waals surface area contributed by atoms with E-state index in [1.807, 2.05) is 36.4 Å². The van der Waals surface area contributed by atoms with Crippen molar-refractivity contribution in [1.29, 1.82) is 0 Å². The van der Waals surface area contributed by atoms with E-state index in [1.54, 1.807) is 13.3 Å². The minimum Gasteiger partial charge on any atom is -0.496 e. The molecule has 0 aliphatic rings. The number of aromatic nitrogens is 1. The van der Waals surface area contributed by atoms with Gasteiger partial charge in [0.05, 0.1) is 7.11 Å². The van der Waals surface area contributed by atoms with Crippen molar-refractivity contribution in [2.45, 2.75) is 6.54 Å². The number of nitrogens with zero attached hydrogens (tertiary/aromatic N) is 1. The van der Waals surface area contributed by atoms with Crippen LogP contribution in [0, 0.1) is 0 Å². The van der Waals surface area contributed by atoms with Crippen LogP contribution in [0.3, 0.4) is 0 Å². The predicted octanol–water partition coefficient (Wildman–Crippen LogP) is 3.34. The van der Waals surface area contributed by atoms with Gasteiger partial charge >= 0.3 is 0 Å². The number of halogens is 1. The number of pyridine rings is 1. The minimum absolute atomic E-state index is 0.519. The molecule has 0 bridgehead atoms. The van der Waals surface area contributed by atoms with Crippen LogP contribution in [0.15, 0.2) is 47.1 Å². The molecule has 0 atom stereocenters. The van der Waals surface area contributed by atoms with Gasteiger partial charge < -0.3 is 15.4 Å². The van der Waals surface area contributed by atoms with Gasteiger partial charge in [-0.1, -0.05) is 18.2 Å². The molecule has 0 amide bonds. The Morgan fingerprint density at radius 1 is 1.30 bits per heavy atom. The summed E-state index contributed by atoms with van der Waals surface area (Å²) in [5, 5.41) is 6.67. The van der Waals surface area contributed by atoms with Gasteiger partial charge in [0.1, 0.15) is 11.6 Å². The molecular formula is C14H14BrN3OS. The van der Waals surface area contributed by atoms with Crippen LogP contribution in [-0.2, 0) is 6.54 Å². The predicted molar refractivity (Wildman–Crippen MR) is 88.0 cm³/mol. The Kier molecular flexibility index (Phi) is 5.31. The molecule has 0 aliphatic heterocycles. The van der Waals surface area contributed by atoms with Gasteiger partial charge in [-0.25, -0.2) is 4.98 Å². The molecule has 0 fully saturated rings. The largest absolute Gasteiger partial charge is 0.496 e. The summed E-state index contributed by atoms with van der Waals surface area (Å²) in [6.45, 7) is 0.590. The zero-order chi connectivity index (χ0) is 14.4. The third-order valence-corrected chi connectivity index (χ3v) is 3.32. The number of methoxy groups -OCH3 is 1. The molecule has 20 heavy (non-hydrogen) atoms. The lowest BCUT2D eigenvalue weighted by molar-refractivity contribution is 0.409. The first-order valence-electron chi connectivity index (χ1n) is 5.97. The lowest BCUT2D eigenvalue weighted by atomic mass is 10.2. The Bertz CT molecular complexity index is 589. The molecule has 4 nitrogen and oxygen atoms in total. The van der Waals surface area contributed by atoms with E-state index >= 15 is 0 Å². The Hall–Kier alpha value is -1.66. The van der Waals surface area contributed by atoms with Crippen LogP contribution < -0.4 is 15.4 Å². The first-order valence-corrected chi connectivity index (χ1v) is 7.17. The van der Waals surface area contributed by atoms with E-state index in [9.17, 15) is 0 Å². The molecule has 1 heterocycles. The second-order valence-electron chi connectivity index (χ2n) is 3.98. The maximum atomic E-state index is 5.29. The summed E-state index contributed by atoms with van der Waals surface area (Å²) in [4.78, 5) is 4.20. The summed E-state index contributed by atoms with van der Waals surface area (Å²) >= 11 is 8.57. The van der Waals surface area contributed by atoms with Crippen LogP contribution >= 0.6 is 28.1 Å². The highest BCUT2D eigenvalue weighted by atomic mass is 79.9. The summed E-state index contributed by atoms with van der Waals surface area (Å²) in [6.07, 6.45) is 1.71. The van der Waals surface area contributed by atoms with E-state index in [0.717, 1.165) is 15.8 Å². The summed E-state index contributed by atoms with van der Waals surface area (Å²) in [5.74, 6) is 1.54. The van der Waals surface area contributed by atoms with Gasteiger partial charge in [-0.05, 0) is 46.3 Å². The van der Waals surface area contributed by atoms with Gasteiger partial charge in [-0.15, -0.1) is 0 Å². The molecule has 0 spiro atoms. The number of hydrogen-bond donors (Lipinski definition) is 2. The number of thiocarbonyl (C=S) groups is 1. The zero-order valence-corrected chi connectivity index (χ0v) is 13.3. The van der Waals surface area contributed by atoms with Crippen LogP contribution in [0.4, 0.5) is 5.82 Å². The first kappa shape index (κ1) is 14.7. The normalized spacial score (nSPS) is 9.90. The molecule has 0 radical (unpaired) electrons. The smallest absolute Gasteiger partial charge is 0.172 e. The molecule has 0 saturated carbocycles. The summed E-state index contributed by atoms with van der Waals surface area (Å²) in [6, 6.07) is 11.6. The van der Waals surface area contributed by atoms with E-state index in [4.69, 9.17) is 17.0 Å². The van der Waals surface area contributed by atoms with Gasteiger partial charge in [0.15, 0.2) is 5.11 Å². The Morgan fingerprint density at radius 2 is 2.10 bits per heavy atom. The van der Waals surface area contributed by atoms with Gasteiger partial charge in [-0.2, -0.15) is 0 Å². The van der Waals surface area contributed by atoms with E-state index < -0.39 is 0 Å². The van der Waals surface area contributed by atoms with Crippen LogP contribution in [0.1, 0.15) is 5.56 Å². The average Bonchev–Trinajstić information content (AvgIpc) is 2.48. The van der Waals surface area contributed by atoms with Crippen molar-refractivity contribution in [2.24, 2.45) is 0 Å². The number of ether oxygens (including phenoxy) is 1. The van der Waals surface area contributed by atoms with Crippen molar-refractivity contribution in [1.82, 2.24) is 10.3 Å². The molecule has 1 aromatic carbocycles. The Balaban J connectivity index is 1.90.